The van der Waals surface area contributed by atoms with Gasteiger partial charge in [-0.1, -0.05) is 13.8 Å². The zero-order chi connectivity index (χ0) is 13.4. The molecule has 1 N–H and O–H groups in total. The average Bonchev–Trinajstić information content (AvgIpc) is 2.44. The van der Waals surface area contributed by atoms with Crippen LogP contribution < -0.4 is 5.32 Å². The Labute approximate surface area is 111 Å². The van der Waals surface area contributed by atoms with Crippen LogP contribution in [0.25, 0.3) is 0 Å². The third-order valence-electron chi connectivity index (χ3n) is 4.05. The van der Waals surface area contributed by atoms with Crippen molar-refractivity contribution in [3.05, 3.63) is 0 Å². The van der Waals surface area contributed by atoms with Crippen LogP contribution >= 0.6 is 0 Å². The van der Waals surface area contributed by atoms with E-state index in [0.29, 0.717) is 6.10 Å². The molecule has 1 aliphatic heterocycles. The number of nitriles is 1. The summed E-state index contributed by atoms with van der Waals surface area (Å²) in [6.45, 7) is 8.24. The van der Waals surface area contributed by atoms with Crippen LogP contribution in [0.15, 0.2) is 0 Å². The van der Waals surface area contributed by atoms with Crippen LogP contribution in [-0.2, 0) is 4.74 Å². The minimum atomic E-state index is -0.337. The Balaban J connectivity index is 2.30. The monoisotopic (exact) mass is 253 g/mol. The lowest BCUT2D eigenvalue weighted by Gasteiger charge is -2.33. The smallest absolute Gasteiger partial charge is 0.106 e. The molecule has 1 heterocycles. The lowest BCUT2D eigenvalue weighted by Crippen LogP contribution is -2.44. The van der Waals surface area contributed by atoms with E-state index in [0.717, 1.165) is 51.9 Å². The van der Waals surface area contributed by atoms with Crippen LogP contribution in [0.4, 0.5) is 0 Å². The van der Waals surface area contributed by atoms with Gasteiger partial charge in [0.25, 0.3) is 0 Å². The number of rotatable bonds is 7. The minimum absolute atomic E-state index is 0.337. The van der Waals surface area contributed by atoms with Crippen LogP contribution in [0.5, 0.6) is 0 Å². The van der Waals surface area contributed by atoms with Crippen molar-refractivity contribution in [1.82, 2.24) is 10.2 Å². The van der Waals surface area contributed by atoms with Crippen molar-refractivity contribution in [2.45, 2.75) is 51.2 Å². The zero-order valence-electron chi connectivity index (χ0n) is 12.0. The zero-order valence-corrected chi connectivity index (χ0v) is 12.0. The van der Waals surface area contributed by atoms with E-state index in [-0.39, 0.29) is 5.54 Å². The molecule has 0 saturated carbocycles. The van der Waals surface area contributed by atoms with Crippen LogP contribution in [0.1, 0.15) is 39.5 Å². The molecule has 4 nitrogen and oxygen atoms in total. The SMILES string of the molecule is CCC1CN(CCCC(C#N)(CC)NC)CCO1. The van der Waals surface area contributed by atoms with Crippen molar-refractivity contribution in [2.24, 2.45) is 0 Å². The van der Waals surface area contributed by atoms with Crippen molar-refractivity contribution in [3.8, 4) is 6.07 Å². The second-order valence-electron chi connectivity index (χ2n) is 5.10. The molecule has 0 aliphatic carbocycles. The van der Waals surface area contributed by atoms with Gasteiger partial charge in [-0.05, 0) is 39.3 Å². The van der Waals surface area contributed by atoms with Gasteiger partial charge in [-0.25, -0.2) is 0 Å². The van der Waals surface area contributed by atoms with Gasteiger partial charge in [0.05, 0.1) is 18.8 Å². The first-order valence-corrected chi connectivity index (χ1v) is 7.13. The quantitative estimate of drug-likeness (QED) is 0.751. The normalized spacial score (nSPS) is 24.4. The molecular weight excluding hydrogens is 226 g/mol. The Morgan fingerprint density at radius 3 is 2.83 bits per heavy atom. The van der Waals surface area contributed by atoms with E-state index >= 15 is 0 Å². The maximum atomic E-state index is 9.25. The number of nitrogens with one attached hydrogen (secondary N) is 1. The molecule has 0 spiro atoms. The molecule has 2 atom stereocenters. The molecule has 1 rings (SSSR count). The molecule has 0 amide bonds. The van der Waals surface area contributed by atoms with Gasteiger partial charge >= 0.3 is 0 Å². The van der Waals surface area contributed by atoms with Gasteiger partial charge in [-0.3, -0.25) is 4.90 Å². The lowest BCUT2D eigenvalue weighted by molar-refractivity contribution is -0.0302. The van der Waals surface area contributed by atoms with Gasteiger partial charge in [-0.2, -0.15) is 5.26 Å². The van der Waals surface area contributed by atoms with Crippen molar-refractivity contribution in [2.75, 3.05) is 33.3 Å². The summed E-state index contributed by atoms with van der Waals surface area (Å²) in [5.74, 6) is 0. The summed E-state index contributed by atoms with van der Waals surface area (Å²) >= 11 is 0. The molecule has 0 aromatic carbocycles. The molecule has 2 unspecified atom stereocenters. The summed E-state index contributed by atoms with van der Waals surface area (Å²) < 4.78 is 5.66. The average molecular weight is 253 g/mol. The van der Waals surface area contributed by atoms with Crippen molar-refractivity contribution in [1.29, 1.82) is 5.26 Å². The Bertz CT molecular complexity index is 271. The molecule has 0 radical (unpaired) electrons. The van der Waals surface area contributed by atoms with Crippen molar-refractivity contribution in [3.63, 3.8) is 0 Å². The molecule has 104 valence electrons. The summed E-state index contributed by atoms with van der Waals surface area (Å²) in [5, 5.41) is 12.4. The highest BCUT2D eigenvalue weighted by atomic mass is 16.5. The van der Waals surface area contributed by atoms with Crippen LogP contribution in [0.3, 0.4) is 0 Å². The van der Waals surface area contributed by atoms with Crippen LogP contribution in [0, 0.1) is 11.3 Å². The first kappa shape index (κ1) is 15.4. The van der Waals surface area contributed by atoms with E-state index in [9.17, 15) is 5.26 Å². The number of hydrogen-bond acceptors (Lipinski definition) is 4. The standard InChI is InChI=1S/C14H27N3O/c1-4-13-11-17(9-10-18-13)8-6-7-14(5-2,12-15)16-3/h13,16H,4-11H2,1-3H3. The molecule has 1 fully saturated rings. The summed E-state index contributed by atoms with van der Waals surface area (Å²) in [6, 6.07) is 2.42. The fourth-order valence-corrected chi connectivity index (χ4v) is 2.50. The van der Waals surface area contributed by atoms with Crippen molar-refractivity contribution < 1.29 is 4.74 Å². The van der Waals surface area contributed by atoms with Gasteiger partial charge < -0.3 is 10.1 Å². The summed E-state index contributed by atoms with van der Waals surface area (Å²) in [7, 11) is 1.88. The molecule has 0 bridgehead atoms. The topological polar surface area (TPSA) is 48.3 Å². The highest BCUT2D eigenvalue weighted by Crippen LogP contribution is 2.17. The predicted octanol–water partition coefficient (Wildman–Crippen LogP) is 1.77. The van der Waals surface area contributed by atoms with E-state index in [4.69, 9.17) is 4.74 Å². The van der Waals surface area contributed by atoms with Crippen LogP contribution in [-0.4, -0.2) is 49.8 Å². The van der Waals surface area contributed by atoms with Crippen LogP contribution in [0.2, 0.25) is 0 Å². The second kappa shape index (κ2) is 7.73. The third kappa shape index (κ3) is 4.24. The summed E-state index contributed by atoms with van der Waals surface area (Å²) in [4.78, 5) is 2.46. The Hall–Kier alpha value is -0.630. The first-order chi connectivity index (χ1) is 8.69. The highest BCUT2D eigenvalue weighted by molar-refractivity contribution is 5.05. The second-order valence-corrected chi connectivity index (χ2v) is 5.10. The molecule has 0 aromatic rings. The largest absolute Gasteiger partial charge is 0.376 e. The first-order valence-electron chi connectivity index (χ1n) is 7.13. The van der Waals surface area contributed by atoms with E-state index in [2.05, 4.69) is 30.1 Å². The van der Waals surface area contributed by atoms with Gasteiger partial charge in [-0.15, -0.1) is 0 Å². The summed E-state index contributed by atoms with van der Waals surface area (Å²) in [5.41, 5.74) is -0.337. The molecule has 4 heteroatoms. The van der Waals surface area contributed by atoms with Gasteiger partial charge in [0.2, 0.25) is 0 Å². The number of nitrogens with zero attached hydrogens (tertiary/aromatic N) is 2. The van der Waals surface area contributed by atoms with E-state index in [1.54, 1.807) is 0 Å². The molecule has 0 aromatic heterocycles. The highest BCUT2D eigenvalue weighted by Gasteiger charge is 2.26. The predicted molar refractivity (Wildman–Crippen MR) is 73.4 cm³/mol. The van der Waals surface area contributed by atoms with Gasteiger partial charge in [0.1, 0.15) is 5.54 Å². The number of hydrogen-bond donors (Lipinski definition) is 1. The van der Waals surface area contributed by atoms with E-state index < -0.39 is 0 Å². The third-order valence-corrected chi connectivity index (χ3v) is 4.05. The Kier molecular flexibility index (Phi) is 6.62. The molecule has 1 aliphatic rings. The number of ether oxygens (including phenoxy) is 1. The lowest BCUT2D eigenvalue weighted by atomic mass is 9.92. The van der Waals surface area contributed by atoms with Gasteiger partial charge in [0, 0.05) is 13.1 Å². The number of morpholine rings is 1. The fraction of sp³-hybridized carbons (Fsp3) is 0.929. The molecule has 1 saturated heterocycles. The molecular formula is C14H27N3O. The van der Waals surface area contributed by atoms with Gasteiger partial charge in [0.15, 0.2) is 0 Å². The summed E-state index contributed by atoms with van der Waals surface area (Å²) in [6.07, 6.45) is 4.34. The maximum Gasteiger partial charge on any atom is 0.106 e. The Morgan fingerprint density at radius 1 is 1.50 bits per heavy atom. The van der Waals surface area contributed by atoms with E-state index in [1.807, 2.05) is 7.05 Å². The van der Waals surface area contributed by atoms with E-state index in [1.165, 1.54) is 0 Å². The minimum Gasteiger partial charge on any atom is -0.376 e. The van der Waals surface area contributed by atoms with Crippen molar-refractivity contribution >= 4 is 0 Å². The maximum absolute atomic E-state index is 9.25. The molecule has 18 heavy (non-hydrogen) atoms. The Morgan fingerprint density at radius 2 is 2.28 bits per heavy atom. The fourth-order valence-electron chi connectivity index (χ4n) is 2.50.